The van der Waals surface area contributed by atoms with Gasteiger partial charge in [-0.1, -0.05) is 32.0 Å². The minimum Gasteiger partial charge on any atom is -0.456 e. The van der Waals surface area contributed by atoms with E-state index in [1.54, 1.807) is 52.8 Å². The fraction of sp³-hybridized carbons (Fsp3) is 0.575. The van der Waals surface area contributed by atoms with Gasteiger partial charge in [-0.3, -0.25) is 9.78 Å². The van der Waals surface area contributed by atoms with E-state index in [0.29, 0.717) is 0 Å². The van der Waals surface area contributed by atoms with Gasteiger partial charge in [0.1, 0.15) is 35.1 Å². The van der Waals surface area contributed by atoms with Gasteiger partial charge in [0.2, 0.25) is 0 Å². The van der Waals surface area contributed by atoms with Gasteiger partial charge in [0.05, 0.1) is 35.8 Å². The van der Waals surface area contributed by atoms with Crippen LogP contribution in [-0.2, 0) is 28.5 Å². The number of rotatable bonds is 7. The zero-order valence-corrected chi connectivity index (χ0v) is 42.5. The Morgan fingerprint density at radius 2 is 1.60 bits per heavy atom. The number of fused-ring (bicyclic) bond motifs is 5. The van der Waals surface area contributed by atoms with Crippen molar-refractivity contribution in [3.8, 4) is 0 Å². The minimum absolute atomic E-state index is 0. The molecule has 1 aliphatic heterocycles. The zero-order valence-electron chi connectivity index (χ0n) is 33.0. The maximum atomic E-state index is 14.7. The SMILES string of the molecule is CC1=C2[C@@H](O)C(=O)[C@@]3(C)[C@H]([C@H](OC(=O)c4ccccc4)[C@](O)(CC1OC(=O)[C@H](O)[C@@H](NC(=O)OC(C)(C)C)c1ccncc1)C2(C)C)[C@]1(O)CO[C@@H]1C[C@@H]3O.[Ac].[Ac]. The minimum atomic E-state index is -2.32. The number of Topliss-reactive ketones (excluding diaryl/α,β-unsaturated/α-hetero) is 1. The molecule has 1 amide bonds. The number of nitrogens with zero attached hydrogens (tertiary/aromatic N) is 1. The molecule has 15 nitrogen and oxygen atoms in total. The second-order valence-corrected chi connectivity index (χ2v) is 16.9. The van der Waals surface area contributed by atoms with Crippen molar-refractivity contribution in [1.82, 2.24) is 10.3 Å². The number of carbonyl (C=O) groups is 4. The van der Waals surface area contributed by atoms with Crippen LogP contribution in [0.15, 0.2) is 66.0 Å². The van der Waals surface area contributed by atoms with Crippen LogP contribution in [0.1, 0.15) is 83.3 Å². The molecule has 4 aliphatic rings. The Kier molecular flexibility index (Phi) is 14.9. The van der Waals surface area contributed by atoms with Crippen molar-refractivity contribution >= 4 is 23.8 Å². The number of aromatic nitrogens is 1. The molecular weight excluding hydrogens is 1170 g/mol. The summed E-state index contributed by atoms with van der Waals surface area (Å²) in [4.78, 5) is 59.4. The third-order valence-corrected chi connectivity index (χ3v) is 12.2. The first-order valence-corrected chi connectivity index (χ1v) is 18.3. The fourth-order valence-electron chi connectivity index (χ4n) is 9.07. The first kappa shape index (κ1) is 48.3. The van der Waals surface area contributed by atoms with E-state index in [1.165, 1.54) is 50.5 Å². The van der Waals surface area contributed by atoms with Gasteiger partial charge >= 0.3 is 18.0 Å². The first-order valence-electron chi connectivity index (χ1n) is 18.3. The second kappa shape index (κ2) is 17.5. The number of amides is 1. The number of aliphatic hydroxyl groups excluding tert-OH is 3. The molecule has 1 aromatic carbocycles. The molecule has 2 radical (unpaired) electrons. The second-order valence-electron chi connectivity index (χ2n) is 16.9. The van der Waals surface area contributed by atoms with Gasteiger partial charge in [0.15, 0.2) is 11.9 Å². The number of hydrogen-bond acceptors (Lipinski definition) is 14. The van der Waals surface area contributed by atoms with Gasteiger partial charge in [0.25, 0.3) is 0 Å². The number of esters is 2. The molecule has 6 N–H and O–H groups in total. The van der Waals surface area contributed by atoms with E-state index in [4.69, 9.17) is 18.9 Å². The number of carbonyl (C=O) groups excluding carboxylic acids is 4. The van der Waals surface area contributed by atoms with E-state index in [-0.39, 0.29) is 123 Å². The molecule has 304 valence electrons. The first-order chi connectivity index (χ1) is 25.6. The maximum Gasteiger partial charge on any atom is 0.408 e. The van der Waals surface area contributed by atoms with Crippen LogP contribution < -0.4 is 5.32 Å². The van der Waals surface area contributed by atoms with Crippen molar-refractivity contribution in [3.63, 3.8) is 0 Å². The molecule has 2 aromatic rings. The van der Waals surface area contributed by atoms with Crippen LogP contribution in [0.3, 0.4) is 0 Å². The number of ether oxygens (including phenoxy) is 4. The van der Waals surface area contributed by atoms with Crippen LogP contribution in [-0.4, -0.2) is 114 Å². The van der Waals surface area contributed by atoms with Crippen molar-refractivity contribution < 1.29 is 152 Å². The monoisotopic (exact) mass is 1220 g/mol. The number of hydrogen-bond donors (Lipinski definition) is 6. The maximum absolute atomic E-state index is 14.7. The van der Waals surface area contributed by atoms with Gasteiger partial charge in [-0.25, -0.2) is 14.4 Å². The van der Waals surface area contributed by atoms with Gasteiger partial charge in [-0.15, -0.1) is 0 Å². The Bertz CT molecular complexity index is 1870. The van der Waals surface area contributed by atoms with Gasteiger partial charge in [-0.05, 0) is 75.6 Å². The topological polar surface area (TPSA) is 231 Å². The quantitative estimate of drug-likeness (QED) is 0.133. The van der Waals surface area contributed by atoms with Crippen molar-refractivity contribution in [1.29, 1.82) is 0 Å². The summed E-state index contributed by atoms with van der Waals surface area (Å²) in [5.74, 6) is -4.59. The van der Waals surface area contributed by atoms with Crippen molar-refractivity contribution in [2.24, 2.45) is 16.7 Å². The van der Waals surface area contributed by atoms with Crippen LogP contribution in [0.25, 0.3) is 0 Å². The summed E-state index contributed by atoms with van der Waals surface area (Å²) >= 11 is 0. The van der Waals surface area contributed by atoms with Crippen molar-refractivity contribution in [2.45, 2.75) is 121 Å². The zero-order chi connectivity index (χ0) is 40.5. The summed E-state index contributed by atoms with van der Waals surface area (Å²) in [6.45, 7) is 10.6. The number of pyridine rings is 1. The molecule has 2 bridgehead atoms. The van der Waals surface area contributed by atoms with Crippen LogP contribution in [0, 0.1) is 105 Å². The van der Waals surface area contributed by atoms with Crippen LogP contribution >= 0.6 is 0 Å². The van der Waals surface area contributed by atoms with E-state index in [1.807, 2.05) is 0 Å². The van der Waals surface area contributed by atoms with Gasteiger partial charge in [-0.2, -0.15) is 0 Å². The molecule has 1 aromatic heterocycles. The molecule has 3 aliphatic carbocycles. The molecular formula is C40H50Ac2N2O13. The summed E-state index contributed by atoms with van der Waals surface area (Å²) in [6.07, 6.45) is -8.57. The van der Waals surface area contributed by atoms with E-state index in [2.05, 4.69) is 10.3 Å². The molecule has 0 spiro atoms. The van der Waals surface area contributed by atoms with E-state index >= 15 is 0 Å². The normalized spacial score (nSPS) is 33.8. The standard InChI is InChI=1S/C40H50N2O13.2Ac/c1-20-23(53-34(48)29(45)27(21-13-15-41-16-14-21)42-35(49)55-36(2,3)4)18-40(51)32(54-33(47)22-11-9-8-10-12-22)30-38(7,24(43)17-25-39(30,50)19-52-25)31(46)28(44)26(20)37(40,5)6;;/h8-16,23-25,27-30,32,43-45,50-51H,17-19H2,1-7H3,(H,42,49);;/t23?,24-,25+,27-,28+,29+,30-,32-,38+,39-,40+;;/m0../s1. The molecule has 3 fully saturated rings. The number of alkyl carbamates (subject to hydrolysis) is 1. The number of ketones is 1. The predicted octanol–water partition coefficient (Wildman–Crippen LogP) is 2.08. The third kappa shape index (κ3) is 8.48. The fourth-order valence-corrected chi connectivity index (χ4v) is 9.07. The Morgan fingerprint density at radius 3 is 2.16 bits per heavy atom. The van der Waals surface area contributed by atoms with E-state index in [9.17, 15) is 44.7 Å². The summed E-state index contributed by atoms with van der Waals surface area (Å²) in [7, 11) is 0. The van der Waals surface area contributed by atoms with Crippen LogP contribution in [0.4, 0.5) is 4.79 Å². The molecule has 57 heavy (non-hydrogen) atoms. The summed E-state index contributed by atoms with van der Waals surface area (Å²) in [5, 5.41) is 63.1. The smallest absolute Gasteiger partial charge is 0.408 e. The Hall–Kier alpha value is -1.37. The molecule has 6 rings (SSSR count). The summed E-state index contributed by atoms with van der Waals surface area (Å²) in [5.41, 5.74) is -8.23. The molecule has 17 heteroatoms. The Labute approximate surface area is 402 Å². The molecule has 1 unspecified atom stereocenters. The third-order valence-electron chi connectivity index (χ3n) is 12.2. The van der Waals surface area contributed by atoms with Crippen LogP contribution in [0.5, 0.6) is 0 Å². The van der Waals surface area contributed by atoms with Crippen LogP contribution in [0.2, 0.25) is 0 Å². The Balaban J connectivity index is 0.00000360. The predicted molar refractivity (Wildman–Crippen MR) is 192 cm³/mol. The molecule has 1 saturated heterocycles. The van der Waals surface area contributed by atoms with Crippen molar-refractivity contribution in [2.75, 3.05) is 6.61 Å². The van der Waals surface area contributed by atoms with E-state index in [0.717, 1.165) is 0 Å². The summed E-state index contributed by atoms with van der Waals surface area (Å²) in [6, 6.07) is 9.42. The number of nitrogens with one attached hydrogen (secondary N) is 1. The molecule has 2 heterocycles. The number of aliphatic hydroxyl groups is 5. The number of benzene rings is 1. The Morgan fingerprint density at radius 1 is 0.982 bits per heavy atom. The largest absolute Gasteiger partial charge is 0.456 e. The average molecular weight is 1220 g/mol. The van der Waals surface area contributed by atoms with Gasteiger partial charge in [0, 0.05) is 125 Å². The molecule has 2 saturated carbocycles. The molecule has 11 atom stereocenters. The summed E-state index contributed by atoms with van der Waals surface area (Å²) < 4.78 is 23.1. The van der Waals surface area contributed by atoms with Crippen molar-refractivity contribution in [3.05, 3.63) is 77.1 Å². The average Bonchev–Trinajstić information content (AvgIpc) is 3.12. The van der Waals surface area contributed by atoms with Gasteiger partial charge < -0.3 is 49.8 Å². The van der Waals surface area contributed by atoms with E-state index < -0.39 is 106 Å².